The van der Waals surface area contributed by atoms with Crippen LogP contribution in [0.5, 0.6) is 5.75 Å². The van der Waals surface area contributed by atoms with Crippen LogP contribution in [0.3, 0.4) is 0 Å². The van der Waals surface area contributed by atoms with Crippen LogP contribution in [0.2, 0.25) is 0 Å². The molecule has 0 aliphatic heterocycles. The van der Waals surface area contributed by atoms with Gasteiger partial charge in [-0.25, -0.2) is 0 Å². The molecular formula is C13H18BrNO2. The highest BCUT2D eigenvalue weighted by Gasteiger charge is 2.04. The van der Waals surface area contributed by atoms with Gasteiger partial charge in [0.1, 0.15) is 5.75 Å². The zero-order valence-corrected chi connectivity index (χ0v) is 11.6. The summed E-state index contributed by atoms with van der Waals surface area (Å²) in [5.41, 5.74) is 0. The summed E-state index contributed by atoms with van der Waals surface area (Å²) in [6.45, 7) is 2.93. The zero-order valence-electron chi connectivity index (χ0n) is 10.0. The van der Waals surface area contributed by atoms with Crippen molar-refractivity contribution in [2.45, 2.75) is 26.2 Å². The largest absolute Gasteiger partial charge is 0.483 e. The molecule has 0 radical (unpaired) electrons. The fourth-order valence-corrected chi connectivity index (χ4v) is 1.76. The maximum absolute atomic E-state index is 11.4. The molecule has 94 valence electrons. The van der Waals surface area contributed by atoms with Crippen LogP contribution >= 0.6 is 15.9 Å². The van der Waals surface area contributed by atoms with Crippen LogP contribution in [0.25, 0.3) is 0 Å². The van der Waals surface area contributed by atoms with Crippen LogP contribution in [0, 0.1) is 0 Å². The molecule has 0 aliphatic rings. The number of carbonyl (C=O) groups excluding carboxylic acids is 1. The molecule has 0 aromatic heterocycles. The number of carbonyl (C=O) groups is 1. The van der Waals surface area contributed by atoms with Crippen molar-refractivity contribution >= 4 is 21.8 Å². The molecule has 0 saturated carbocycles. The lowest BCUT2D eigenvalue weighted by Gasteiger charge is -2.08. The van der Waals surface area contributed by atoms with Crippen molar-refractivity contribution in [1.29, 1.82) is 0 Å². The number of amides is 1. The van der Waals surface area contributed by atoms with Crippen LogP contribution in [0.4, 0.5) is 0 Å². The van der Waals surface area contributed by atoms with Crippen molar-refractivity contribution in [3.05, 3.63) is 28.7 Å². The molecule has 3 nitrogen and oxygen atoms in total. The first kappa shape index (κ1) is 14.0. The van der Waals surface area contributed by atoms with Gasteiger partial charge in [-0.15, -0.1) is 0 Å². The summed E-state index contributed by atoms with van der Waals surface area (Å²) in [5, 5.41) is 2.83. The maximum Gasteiger partial charge on any atom is 0.257 e. The van der Waals surface area contributed by atoms with Crippen molar-refractivity contribution in [1.82, 2.24) is 5.32 Å². The molecule has 0 fully saturated rings. The van der Waals surface area contributed by atoms with Crippen molar-refractivity contribution in [3.63, 3.8) is 0 Å². The van der Waals surface area contributed by atoms with Gasteiger partial charge in [0, 0.05) is 6.54 Å². The van der Waals surface area contributed by atoms with Crippen molar-refractivity contribution < 1.29 is 9.53 Å². The number of unbranched alkanes of at least 4 members (excludes halogenated alkanes) is 2. The molecule has 1 rings (SSSR count). The Morgan fingerprint density at radius 3 is 2.82 bits per heavy atom. The van der Waals surface area contributed by atoms with E-state index in [1.54, 1.807) is 0 Å². The first-order chi connectivity index (χ1) is 8.24. The Morgan fingerprint density at radius 2 is 2.12 bits per heavy atom. The average molecular weight is 300 g/mol. The van der Waals surface area contributed by atoms with Gasteiger partial charge in [-0.05, 0) is 34.5 Å². The molecule has 0 heterocycles. The normalized spacial score (nSPS) is 10.0. The standard InChI is InChI=1S/C13H18BrNO2/c1-2-3-6-9-15-13(16)10-17-12-8-5-4-7-11(12)14/h4-5,7-8H,2-3,6,9-10H2,1H3,(H,15,16). The molecule has 0 spiro atoms. The van der Waals surface area contributed by atoms with Gasteiger partial charge in [-0.3, -0.25) is 4.79 Å². The van der Waals surface area contributed by atoms with Gasteiger partial charge in [-0.1, -0.05) is 31.9 Å². The summed E-state index contributed by atoms with van der Waals surface area (Å²) in [6.07, 6.45) is 3.33. The van der Waals surface area contributed by atoms with Crippen molar-refractivity contribution in [2.24, 2.45) is 0 Å². The Morgan fingerprint density at radius 1 is 1.35 bits per heavy atom. The Bertz CT molecular complexity index is 355. The molecule has 0 aliphatic carbocycles. The highest BCUT2D eigenvalue weighted by molar-refractivity contribution is 9.10. The van der Waals surface area contributed by atoms with Crippen LogP contribution in [0.15, 0.2) is 28.7 Å². The third-order valence-corrected chi connectivity index (χ3v) is 2.95. The molecule has 17 heavy (non-hydrogen) atoms. The van der Waals surface area contributed by atoms with Crippen molar-refractivity contribution in [3.8, 4) is 5.75 Å². The molecule has 1 aromatic carbocycles. The SMILES string of the molecule is CCCCCNC(=O)COc1ccccc1Br. The zero-order chi connectivity index (χ0) is 12.5. The first-order valence-electron chi connectivity index (χ1n) is 5.88. The smallest absolute Gasteiger partial charge is 0.257 e. The number of para-hydroxylation sites is 1. The molecule has 1 amide bonds. The highest BCUT2D eigenvalue weighted by atomic mass is 79.9. The Labute approximate surface area is 111 Å². The van der Waals surface area contributed by atoms with Crippen LogP contribution in [-0.4, -0.2) is 19.1 Å². The van der Waals surface area contributed by atoms with E-state index >= 15 is 0 Å². The Hall–Kier alpha value is -1.03. The van der Waals surface area contributed by atoms with Gasteiger partial charge in [-0.2, -0.15) is 0 Å². The van der Waals surface area contributed by atoms with E-state index in [1.165, 1.54) is 0 Å². The summed E-state index contributed by atoms with van der Waals surface area (Å²) < 4.78 is 6.26. The lowest BCUT2D eigenvalue weighted by atomic mass is 10.2. The lowest BCUT2D eigenvalue weighted by Crippen LogP contribution is -2.29. The number of ether oxygens (including phenoxy) is 1. The quantitative estimate of drug-likeness (QED) is 0.786. The molecule has 0 saturated heterocycles. The molecule has 0 unspecified atom stereocenters. The van der Waals surface area contributed by atoms with Gasteiger partial charge in [0.15, 0.2) is 6.61 Å². The molecule has 0 bridgehead atoms. The van der Waals surface area contributed by atoms with E-state index in [4.69, 9.17) is 4.74 Å². The molecular weight excluding hydrogens is 282 g/mol. The summed E-state index contributed by atoms with van der Waals surface area (Å²) in [4.78, 5) is 11.4. The molecule has 0 atom stereocenters. The van der Waals surface area contributed by atoms with Gasteiger partial charge in [0.2, 0.25) is 0 Å². The van der Waals surface area contributed by atoms with E-state index in [0.29, 0.717) is 5.75 Å². The van der Waals surface area contributed by atoms with Crippen LogP contribution in [-0.2, 0) is 4.79 Å². The minimum absolute atomic E-state index is 0.0642. The van der Waals surface area contributed by atoms with E-state index in [2.05, 4.69) is 28.2 Å². The number of nitrogens with one attached hydrogen (secondary N) is 1. The van der Waals surface area contributed by atoms with Crippen LogP contribution < -0.4 is 10.1 Å². The number of hydrogen-bond donors (Lipinski definition) is 1. The van der Waals surface area contributed by atoms with Gasteiger partial charge in [0.05, 0.1) is 4.47 Å². The topological polar surface area (TPSA) is 38.3 Å². The lowest BCUT2D eigenvalue weighted by molar-refractivity contribution is -0.123. The highest BCUT2D eigenvalue weighted by Crippen LogP contribution is 2.23. The van der Waals surface area contributed by atoms with Gasteiger partial charge >= 0.3 is 0 Å². The summed E-state index contributed by atoms with van der Waals surface area (Å²) in [7, 11) is 0. The predicted octanol–water partition coefficient (Wildman–Crippen LogP) is 3.13. The second-order valence-electron chi connectivity index (χ2n) is 3.78. The molecule has 1 N–H and O–H groups in total. The summed E-state index contributed by atoms with van der Waals surface area (Å²) in [6, 6.07) is 7.49. The van der Waals surface area contributed by atoms with E-state index in [0.717, 1.165) is 30.3 Å². The summed E-state index contributed by atoms with van der Waals surface area (Å²) >= 11 is 3.36. The Balaban J connectivity index is 2.22. The third kappa shape index (κ3) is 5.73. The third-order valence-electron chi connectivity index (χ3n) is 2.30. The van der Waals surface area contributed by atoms with Gasteiger partial charge < -0.3 is 10.1 Å². The first-order valence-corrected chi connectivity index (χ1v) is 6.67. The monoisotopic (exact) mass is 299 g/mol. The number of hydrogen-bond acceptors (Lipinski definition) is 2. The van der Waals surface area contributed by atoms with E-state index in [-0.39, 0.29) is 12.5 Å². The maximum atomic E-state index is 11.4. The average Bonchev–Trinajstić information content (AvgIpc) is 2.34. The van der Waals surface area contributed by atoms with E-state index in [1.807, 2.05) is 24.3 Å². The number of rotatable bonds is 7. The van der Waals surface area contributed by atoms with Gasteiger partial charge in [0.25, 0.3) is 5.91 Å². The minimum atomic E-state index is -0.0724. The molecule has 1 aromatic rings. The second kappa shape index (κ2) is 8.12. The Kier molecular flexibility index (Phi) is 6.70. The molecule has 4 heteroatoms. The summed E-state index contributed by atoms with van der Waals surface area (Å²) in [5.74, 6) is 0.619. The number of benzene rings is 1. The number of halogens is 1. The fraction of sp³-hybridized carbons (Fsp3) is 0.462. The van der Waals surface area contributed by atoms with Crippen LogP contribution in [0.1, 0.15) is 26.2 Å². The van der Waals surface area contributed by atoms with Crippen molar-refractivity contribution in [2.75, 3.05) is 13.2 Å². The fourth-order valence-electron chi connectivity index (χ4n) is 1.36. The minimum Gasteiger partial charge on any atom is -0.483 e. The second-order valence-corrected chi connectivity index (χ2v) is 4.63. The predicted molar refractivity (Wildman–Crippen MR) is 72.2 cm³/mol. The van der Waals surface area contributed by atoms with E-state index in [9.17, 15) is 4.79 Å². The van der Waals surface area contributed by atoms with E-state index < -0.39 is 0 Å².